The molecule has 3 N–H and O–H groups in total. The summed E-state index contributed by atoms with van der Waals surface area (Å²) in [5.41, 5.74) is 5.33. The topological polar surface area (TPSA) is 58.4 Å². The van der Waals surface area contributed by atoms with Crippen LogP contribution < -0.4 is 11.1 Å². The van der Waals surface area contributed by atoms with Crippen molar-refractivity contribution in [2.24, 2.45) is 11.7 Å². The Hall–Kier alpha value is -0.610. The molecular weight excluding hydrogens is 202 g/mol. The maximum absolute atomic E-state index is 11.0. The van der Waals surface area contributed by atoms with Gasteiger partial charge in [0.25, 0.3) is 0 Å². The molecule has 0 aromatic rings. The molecule has 1 unspecified atom stereocenters. The summed E-state index contributed by atoms with van der Waals surface area (Å²) < 4.78 is 0. The predicted octanol–water partition coefficient (Wildman–Crippen LogP) is 0.324. The third-order valence-electron chi connectivity index (χ3n) is 3.99. The number of hydrogen-bond acceptors (Lipinski definition) is 3. The van der Waals surface area contributed by atoms with E-state index in [0.717, 1.165) is 32.2 Å². The number of carbonyl (C=O) groups excluding carboxylic acids is 1. The van der Waals surface area contributed by atoms with Gasteiger partial charge in [0.2, 0.25) is 5.91 Å². The average molecular weight is 225 g/mol. The lowest BCUT2D eigenvalue weighted by Gasteiger charge is -2.29. The van der Waals surface area contributed by atoms with E-state index in [-0.39, 0.29) is 11.8 Å². The monoisotopic (exact) mass is 225 g/mol. The van der Waals surface area contributed by atoms with E-state index in [2.05, 4.69) is 17.3 Å². The van der Waals surface area contributed by atoms with Crippen LogP contribution in [0.3, 0.4) is 0 Å². The molecule has 1 aliphatic carbocycles. The van der Waals surface area contributed by atoms with E-state index in [4.69, 9.17) is 5.73 Å². The van der Waals surface area contributed by atoms with Crippen molar-refractivity contribution < 1.29 is 4.79 Å². The zero-order valence-corrected chi connectivity index (χ0v) is 10.1. The molecule has 4 nitrogen and oxygen atoms in total. The average Bonchev–Trinajstić information content (AvgIpc) is 2.65. The Kier molecular flexibility index (Phi) is 3.82. The van der Waals surface area contributed by atoms with Gasteiger partial charge in [-0.1, -0.05) is 0 Å². The zero-order chi connectivity index (χ0) is 11.5. The quantitative estimate of drug-likeness (QED) is 0.727. The number of nitrogens with zero attached hydrogens (tertiary/aromatic N) is 1. The fraction of sp³-hybridized carbons (Fsp3) is 0.917. The van der Waals surface area contributed by atoms with Crippen LogP contribution in [0.1, 0.15) is 32.1 Å². The van der Waals surface area contributed by atoms with E-state index < -0.39 is 0 Å². The molecule has 0 spiro atoms. The van der Waals surface area contributed by atoms with E-state index in [9.17, 15) is 4.79 Å². The van der Waals surface area contributed by atoms with Crippen molar-refractivity contribution in [2.45, 2.75) is 44.2 Å². The van der Waals surface area contributed by atoms with Crippen molar-refractivity contribution in [2.75, 3.05) is 20.1 Å². The van der Waals surface area contributed by atoms with Gasteiger partial charge >= 0.3 is 0 Å². The van der Waals surface area contributed by atoms with Gasteiger partial charge in [0, 0.05) is 24.5 Å². The second-order valence-electron chi connectivity index (χ2n) is 5.37. The second kappa shape index (κ2) is 5.15. The van der Waals surface area contributed by atoms with Crippen LogP contribution in [0, 0.1) is 5.92 Å². The SMILES string of the molecule is CN1CCC(NC2CCC(C(N)=O)CC2)C1. The third kappa shape index (κ3) is 2.95. The van der Waals surface area contributed by atoms with Gasteiger partial charge in [-0.05, 0) is 45.7 Å². The highest BCUT2D eigenvalue weighted by Crippen LogP contribution is 2.24. The van der Waals surface area contributed by atoms with Crippen LogP contribution in [0.4, 0.5) is 0 Å². The van der Waals surface area contributed by atoms with E-state index in [0.29, 0.717) is 12.1 Å². The Morgan fingerprint density at radius 3 is 2.38 bits per heavy atom. The van der Waals surface area contributed by atoms with Crippen molar-refractivity contribution in [1.29, 1.82) is 0 Å². The molecule has 1 atom stereocenters. The molecular formula is C12H23N3O. The molecule has 1 saturated carbocycles. The van der Waals surface area contributed by atoms with Gasteiger partial charge < -0.3 is 16.0 Å². The lowest BCUT2D eigenvalue weighted by molar-refractivity contribution is -0.122. The van der Waals surface area contributed by atoms with Gasteiger partial charge in [0.15, 0.2) is 0 Å². The summed E-state index contributed by atoms with van der Waals surface area (Å²) >= 11 is 0. The highest BCUT2D eigenvalue weighted by Gasteiger charge is 2.27. The Morgan fingerprint density at radius 2 is 1.88 bits per heavy atom. The van der Waals surface area contributed by atoms with Crippen LogP contribution in [-0.2, 0) is 4.79 Å². The van der Waals surface area contributed by atoms with E-state index in [1.807, 2.05) is 0 Å². The molecule has 2 rings (SSSR count). The van der Waals surface area contributed by atoms with Gasteiger partial charge in [-0.2, -0.15) is 0 Å². The van der Waals surface area contributed by atoms with Crippen LogP contribution in [0.2, 0.25) is 0 Å². The fourth-order valence-electron chi connectivity index (χ4n) is 2.95. The first-order chi connectivity index (χ1) is 7.65. The summed E-state index contributed by atoms with van der Waals surface area (Å²) in [7, 11) is 2.17. The van der Waals surface area contributed by atoms with Gasteiger partial charge in [0.1, 0.15) is 0 Å². The van der Waals surface area contributed by atoms with Crippen molar-refractivity contribution in [3.63, 3.8) is 0 Å². The van der Waals surface area contributed by atoms with Crippen molar-refractivity contribution in [3.05, 3.63) is 0 Å². The van der Waals surface area contributed by atoms with E-state index in [1.165, 1.54) is 13.0 Å². The Labute approximate surface area is 97.6 Å². The molecule has 0 bridgehead atoms. The van der Waals surface area contributed by atoms with Crippen molar-refractivity contribution in [1.82, 2.24) is 10.2 Å². The molecule has 92 valence electrons. The first-order valence-corrected chi connectivity index (χ1v) is 6.39. The van der Waals surface area contributed by atoms with Crippen LogP contribution in [0.15, 0.2) is 0 Å². The summed E-state index contributed by atoms with van der Waals surface area (Å²) in [5.74, 6) is 0.0170. The van der Waals surface area contributed by atoms with Gasteiger partial charge in [0.05, 0.1) is 0 Å². The number of likely N-dealkylation sites (N-methyl/N-ethyl adjacent to an activating group) is 1. The maximum atomic E-state index is 11.0. The zero-order valence-electron chi connectivity index (χ0n) is 10.1. The smallest absolute Gasteiger partial charge is 0.220 e. The van der Waals surface area contributed by atoms with Gasteiger partial charge in [-0.15, -0.1) is 0 Å². The largest absolute Gasteiger partial charge is 0.369 e. The summed E-state index contributed by atoms with van der Waals surface area (Å²) in [6.07, 6.45) is 5.40. The normalized spacial score (nSPS) is 36.4. The highest BCUT2D eigenvalue weighted by molar-refractivity contribution is 5.76. The minimum Gasteiger partial charge on any atom is -0.369 e. The van der Waals surface area contributed by atoms with Crippen molar-refractivity contribution in [3.8, 4) is 0 Å². The number of nitrogens with two attached hydrogens (primary N) is 1. The Morgan fingerprint density at radius 1 is 1.19 bits per heavy atom. The molecule has 16 heavy (non-hydrogen) atoms. The van der Waals surface area contributed by atoms with E-state index in [1.54, 1.807) is 0 Å². The van der Waals surface area contributed by atoms with Crippen LogP contribution in [0.5, 0.6) is 0 Å². The summed E-state index contributed by atoms with van der Waals surface area (Å²) in [6, 6.07) is 1.26. The number of carbonyl (C=O) groups is 1. The summed E-state index contributed by atoms with van der Waals surface area (Å²) in [4.78, 5) is 13.4. The van der Waals surface area contributed by atoms with Crippen LogP contribution >= 0.6 is 0 Å². The lowest BCUT2D eigenvalue weighted by atomic mass is 9.85. The van der Waals surface area contributed by atoms with E-state index >= 15 is 0 Å². The molecule has 4 heteroatoms. The third-order valence-corrected chi connectivity index (χ3v) is 3.99. The fourth-order valence-corrected chi connectivity index (χ4v) is 2.95. The summed E-state index contributed by atoms with van der Waals surface area (Å²) in [5, 5.41) is 3.71. The van der Waals surface area contributed by atoms with Crippen molar-refractivity contribution >= 4 is 5.91 Å². The molecule has 2 fully saturated rings. The van der Waals surface area contributed by atoms with Gasteiger partial charge in [-0.25, -0.2) is 0 Å². The van der Waals surface area contributed by atoms with Crippen LogP contribution in [0.25, 0.3) is 0 Å². The number of nitrogens with one attached hydrogen (secondary N) is 1. The number of amides is 1. The number of rotatable bonds is 3. The van der Waals surface area contributed by atoms with Crippen LogP contribution in [-0.4, -0.2) is 43.0 Å². The molecule has 1 saturated heterocycles. The predicted molar refractivity (Wildman–Crippen MR) is 64.0 cm³/mol. The molecule has 0 aromatic carbocycles. The first-order valence-electron chi connectivity index (χ1n) is 6.39. The Bertz CT molecular complexity index is 249. The summed E-state index contributed by atoms with van der Waals surface area (Å²) in [6.45, 7) is 2.37. The standard InChI is InChI=1S/C12H23N3O/c1-15-7-6-11(8-15)14-10-4-2-9(3-5-10)12(13)16/h9-11,14H,2-8H2,1H3,(H2,13,16). The minimum absolute atomic E-state index is 0.112. The molecule has 0 radical (unpaired) electrons. The number of hydrogen-bond donors (Lipinski definition) is 2. The molecule has 1 aliphatic heterocycles. The highest BCUT2D eigenvalue weighted by atomic mass is 16.1. The maximum Gasteiger partial charge on any atom is 0.220 e. The minimum atomic E-state index is -0.112. The molecule has 1 amide bonds. The Balaban J connectivity index is 1.71. The molecule has 2 aliphatic rings. The molecule has 1 heterocycles. The lowest BCUT2D eigenvalue weighted by Crippen LogP contribution is -2.43. The van der Waals surface area contributed by atoms with Gasteiger partial charge in [-0.3, -0.25) is 4.79 Å². The number of primary amides is 1. The molecule has 0 aromatic heterocycles. The first kappa shape index (κ1) is 11.9. The number of likely N-dealkylation sites (tertiary alicyclic amines) is 1. The second-order valence-corrected chi connectivity index (χ2v) is 5.37.